The first-order valence-corrected chi connectivity index (χ1v) is 10.00. The number of rotatable bonds is 10. The van der Waals surface area contributed by atoms with Crippen molar-refractivity contribution in [3.8, 4) is 0 Å². The third kappa shape index (κ3) is 7.11. The summed E-state index contributed by atoms with van der Waals surface area (Å²) in [5.74, 6) is 0.171. The van der Waals surface area contributed by atoms with Crippen molar-refractivity contribution < 1.29 is 18.8 Å². The van der Waals surface area contributed by atoms with Gasteiger partial charge >= 0.3 is 13.8 Å². The van der Waals surface area contributed by atoms with Crippen molar-refractivity contribution in [2.24, 2.45) is 11.8 Å². The fourth-order valence-corrected chi connectivity index (χ4v) is 3.31. The van der Waals surface area contributed by atoms with Crippen molar-refractivity contribution in [3.63, 3.8) is 0 Å². The lowest BCUT2D eigenvalue weighted by Gasteiger charge is -2.09. The number of hydrogen-bond donors (Lipinski definition) is 0. The molecule has 2 unspecified atom stereocenters. The molecule has 0 saturated heterocycles. The van der Waals surface area contributed by atoms with Crippen molar-refractivity contribution in [3.05, 3.63) is 29.8 Å². The summed E-state index contributed by atoms with van der Waals surface area (Å²) in [7, 11) is -1.82. The SMILES string of the molecule is CC(C)CCOC(=O)c1ccccc1[P+](=O)C(C)OCCC(C)C. The van der Waals surface area contributed by atoms with E-state index in [1.54, 1.807) is 31.2 Å². The lowest BCUT2D eigenvalue weighted by Crippen LogP contribution is -2.19. The Morgan fingerprint density at radius 3 is 2.21 bits per heavy atom. The Balaban J connectivity index is 2.73. The third-order valence-electron chi connectivity index (χ3n) is 3.67. The maximum atomic E-state index is 12.7. The van der Waals surface area contributed by atoms with Gasteiger partial charge in [0.05, 0.1) is 13.2 Å². The molecule has 0 bridgehead atoms. The minimum absolute atomic E-state index is 0.377. The summed E-state index contributed by atoms with van der Waals surface area (Å²) in [6.07, 6.45) is 1.74. The molecule has 0 N–H and O–H groups in total. The van der Waals surface area contributed by atoms with E-state index in [-0.39, 0.29) is 0 Å². The molecule has 24 heavy (non-hydrogen) atoms. The highest BCUT2D eigenvalue weighted by Crippen LogP contribution is 2.30. The molecule has 0 aliphatic carbocycles. The lowest BCUT2D eigenvalue weighted by molar-refractivity contribution is 0.0489. The quantitative estimate of drug-likeness (QED) is 0.450. The van der Waals surface area contributed by atoms with Crippen LogP contribution in [0.4, 0.5) is 0 Å². The van der Waals surface area contributed by atoms with Crippen LogP contribution >= 0.6 is 7.80 Å². The van der Waals surface area contributed by atoms with E-state index in [1.807, 2.05) is 0 Å². The van der Waals surface area contributed by atoms with Crippen LogP contribution in [0.5, 0.6) is 0 Å². The summed E-state index contributed by atoms with van der Waals surface area (Å²) in [6.45, 7) is 11.1. The van der Waals surface area contributed by atoms with Gasteiger partial charge in [0.1, 0.15) is 5.56 Å². The van der Waals surface area contributed by atoms with Crippen LogP contribution in [0.25, 0.3) is 0 Å². The standard InChI is InChI=1S/C19H30O4P/c1-14(2)10-12-22-16(5)24(21)18-9-7-6-8-17(18)19(20)23-13-11-15(3)4/h6-9,14-16H,10-13H2,1-5H3/q+1. The molecule has 0 heterocycles. The van der Waals surface area contributed by atoms with Crippen LogP contribution in [0.15, 0.2) is 24.3 Å². The zero-order valence-corrected chi connectivity index (χ0v) is 16.3. The van der Waals surface area contributed by atoms with Gasteiger partial charge in [0.2, 0.25) is 5.30 Å². The molecule has 1 aromatic rings. The van der Waals surface area contributed by atoms with Crippen molar-refractivity contribution in [1.82, 2.24) is 0 Å². The molecule has 0 spiro atoms. The average Bonchev–Trinajstić information content (AvgIpc) is 2.53. The van der Waals surface area contributed by atoms with Crippen LogP contribution in [0, 0.1) is 11.8 Å². The number of hydrogen-bond acceptors (Lipinski definition) is 4. The smallest absolute Gasteiger partial charge is 0.409 e. The molecule has 134 valence electrons. The van der Waals surface area contributed by atoms with Crippen molar-refractivity contribution in [2.45, 2.75) is 53.3 Å². The van der Waals surface area contributed by atoms with Gasteiger partial charge in [-0.15, -0.1) is 0 Å². The fraction of sp³-hybridized carbons (Fsp3) is 0.632. The zero-order chi connectivity index (χ0) is 18.1. The second kappa shape index (κ2) is 10.6. The molecule has 1 rings (SSSR count). The normalized spacial score (nSPS) is 13.2. The third-order valence-corrected chi connectivity index (χ3v) is 5.35. The van der Waals surface area contributed by atoms with Gasteiger partial charge in [-0.1, -0.05) is 44.4 Å². The van der Waals surface area contributed by atoms with E-state index in [0.29, 0.717) is 35.9 Å². The molecule has 5 heteroatoms. The highest BCUT2D eigenvalue weighted by atomic mass is 31.1. The first-order chi connectivity index (χ1) is 11.3. The van der Waals surface area contributed by atoms with Crippen LogP contribution < -0.4 is 5.30 Å². The van der Waals surface area contributed by atoms with Gasteiger partial charge in [0, 0.05) is 6.92 Å². The highest BCUT2D eigenvalue weighted by Gasteiger charge is 2.34. The maximum Gasteiger partial charge on any atom is 0.409 e. The summed E-state index contributed by atoms with van der Waals surface area (Å²) in [6, 6.07) is 6.94. The summed E-state index contributed by atoms with van der Waals surface area (Å²) in [5, 5.41) is 0.513. The van der Waals surface area contributed by atoms with E-state index >= 15 is 0 Å². The number of carbonyl (C=O) groups excluding carboxylic acids is 1. The van der Waals surface area contributed by atoms with Crippen LogP contribution in [-0.2, 0) is 14.0 Å². The molecule has 0 fully saturated rings. The Labute approximate surface area is 146 Å². The maximum absolute atomic E-state index is 12.7. The molecule has 2 atom stereocenters. The van der Waals surface area contributed by atoms with Crippen LogP contribution in [0.2, 0.25) is 0 Å². The summed E-state index contributed by atoms with van der Waals surface area (Å²) in [4.78, 5) is 12.3. The molecular weight excluding hydrogens is 323 g/mol. The minimum atomic E-state index is -1.82. The molecule has 0 aliphatic heterocycles. The molecule has 0 radical (unpaired) electrons. The number of benzene rings is 1. The first-order valence-electron chi connectivity index (χ1n) is 8.67. The van der Waals surface area contributed by atoms with Crippen molar-refractivity contribution in [1.29, 1.82) is 0 Å². The first kappa shape index (κ1) is 20.8. The lowest BCUT2D eigenvalue weighted by atomic mass is 10.1. The molecule has 4 nitrogen and oxygen atoms in total. The predicted octanol–water partition coefficient (Wildman–Crippen LogP) is 4.75. The van der Waals surface area contributed by atoms with E-state index in [0.717, 1.165) is 12.8 Å². The summed E-state index contributed by atoms with van der Waals surface area (Å²) < 4.78 is 23.7. The van der Waals surface area contributed by atoms with Crippen LogP contribution in [-0.4, -0.2) is 25.0 Å². The van der Waals surface area contributed by atoms with Crippen molar-refractivity contribution >= 4 is 19.1 Å². The second-order valence-corrected chi connectivity index (χ2v) is 8.67. The van der Waals surface area contributed by atoms with Gasteiger partial charge in [-0.2, -0.15) is 0 Å². The molecule has 0 aliphatic rings. The fourth-order valence-electron chi connectivity index (χ4n) is 2.04. The van der Waals surface area contributed by atoms with Crippen molar-refractivity contribution in [2.75, 3.05) is 13.2 Å². The highest BCUT2D eigenvalue weighted by molar-refractivity contribution is 7.54. The molecule has 0 amide bonds. The molecule has 1 aromatic carbocycles. The van der Waals surface area contributed by atoms with Gasteiger partial charge in [0.25, 0.3) is 5.85 Å². The van der Waals surface area contributed by atoms with Gasteiger partial charge in [-0.25, -0.2) is 4.79 Å². The molecular formula is C19H30O4P+. The Morgan fingerprint density at radius 2 is 1.58 bits per heavy atom. The van der Waals surface area contributed by atoms with E-state index in [9.17, 15) is 9.36 Å². The Kier molecular flexibility index (Phi) is 9.17. The van der Waals surface area contributed by atoms with Crippen LogP contribution in [0.1, 0.15) is 57.8 Å². The van der Waals surface area contributed by atoms with Crippen LogP contribution in [0.3, 0.4) is 0 Å². The van der Waals surface area contributed by atoms with Gasteiger partial charge < -0.3 is 9.47 Å². The Morgan fingerprint density at radius 1 is 1.00 bits per heavy atom. The zero-order valence-electron chi connectivity index (χ0n) is 15.5. The van der Waals surface area contributed by atoms with E-state index in [2.05, 4.69) is 27.7 Å². The van der Waals surface area contributed by atoms with E-state index in [4.69, 9.17) is 9.47 Å². The van der Waals surface area contributed by atoms with Gasteiger partial charge in [-0.3, -0.25) is 0 Å². The largest absolute Gasteiger partial charge is 0.462 e. The Hall–Kier alpha value is -1.25. The summed E-state index contributed by atoms with van der Waals surface area (Å²) in [5.41, 5.74) is 0.377. The number of esters is 1. The Bertz CT molecular complexity index is 540. The number of ether oxygens (including phenoxy) is 2. The van der Waals surface area contributed by atoms with E-state index < -0.39 is 19.6 Å². The number of carbonyl (C=O) groups is 1. The topological polar surface area (TPSA) is 52.6 Å². The van der Waals surface area contributed by atoms with Gasteiger partial charge in [-0.05, 0) is 36.8 Å². The molecule has 0 saturated carbocycles. The van der Waals surface area contributed by atoms with E-state index in [1.165, 1.54) is 0 Å². The van der Waals surface area contributed by atoms with Gasteiger partial charge in [0.15, 0.2) is 0 Å². The second-order valence-electron chi connectivity index (χ2n) is 6.81. The average molecular weight is 353 g/mol. The monoisotopic (exact) mass is 353 g/mol. The summed E-state index contributed by atoms with van der Waals surface area (Å²) >= 11 is 0. The molecule has 0 aromatic heterocycles. The predicted molar refractivity (Wildman–Crippen MR) is 98.3 cm³/mol. The minimum Gasteiger partial charge on any atom is -0.462 e.